The first-order valence-electron chi connectivity index (χ1n) is 30.2. The number of ketones is 2. The van der Waals surface area contributed by atoms with Gasteiger partial charge in [-0.25, -0.2) is 0 Å². The van der Waals surface area contributed by atoms with Crippen LogP contribution in [0, 0.1) is 0 Å². The van der Waals surface area contributed by atoms with E-state index in [1.165, 1.54) is 66.9 Å². The first-order chi connectivity index (χ1) is 39.1. The van der Waals surface area contributed by atoms with Crippen molar-refractivity contribution in [1.82, 2.24) is 0 Å². The zero-order valence-electron chi connectivity index (χ0n) is 53.6. The zero-order chi connectivity index (χ0) is 60.7. The standard InChI is InChI=1S/C39H54O2.C39H50O2/c2*1-9-10-13-28(2)16-17-29(3)18-19-30(4)20-21-31(5)22-23-32(6)24-25-33(7)26-27-35-34(8)38(40)36-14-11-12-15-37(36)39(35)41/h9-12,14-16,18,20,22,24,26,38-41H,13,17,19,21,23,25,27H2,1-8H3;9-12,14-16,18,20,22,24,26H,13,17,19,21,23,25,27H2,1-8H3/b2*10-9-,28-16+,29-18+,30-20+,31-22+,32-24+,33-26+. The highest BCUT2D eigenvalue weighted by molar-refractivity contribution is 6.26. The van der Waals surface area contributed by atoms with Gasteiger partial charge in [-0.15, -0.1) is 0 Å². The number of carbonyl (C=O) groups excluding carboxylic acids is 2. The van der Waals surface area contributed by atoms with Crippen molar-refractivity contribution in [2.45, 2.75) is 213 Å². The van der Waals surface area contributed by atoms with Crippen molar-refractivity contribution in [2.75, 3.05) is 0 Å². The van der Waals surface area contributed by atoms with Crippen LogP contribution in [-0.4, -0.2) is 21.8 Å². The van der Waals surface area contributed by atoms with Gasteiger partial charge in [-0.1, -0.05) is 213 Å². The van der Waals surface area contributed by atoms with Gasteiger partial charge in [0.15, 0.2) is 11.6 Å². The minimum Gasteiger partial charge on any atom is -0.384 e. The highest BCUT2D eigenvalue weighted by Crippen LogP contribution is 2.42. The normalized spacial score (nSPS) is 18.1. The number of Topliss-reactive ketones (excluding diaryl/α,β-unsaturated/α-hetero) is 2. The highest BCUT2D eigenvalue weighted by atomic mass is 16.3. The molecule has 0 bridgehead atoms. The number of aliphatic hydroxyl groups excluding tert-OH is 2. The molecule has 82 heavy (non-hydrogen) atoms. The van der Waals surface area contributed by atoms with Gasteiger partial charge in [0.2, 0.25) is 0 Å². The predicted molar refractivity (Wildman–Crippen MR) is 356 cm³/mol. The Balaban J connectivity index is 0.000000430. The Labute approximate surface area is 498 Å². The minimum atomic E-state index is -0.652. The highest BCUT2D eigenvalue weighted by Gasteiger charge is 2.30. The number of hydrogen-bond donors (Lipinski definition) is 2. The minimum absolute atomic E-state index is 0.0209. The van der Waals surface area contributed by atoms with E-state index in [9.17, 15) is 19.8 Å². The lowest BCUT2D eigenvalue weighted by atomic mass is 9.81. The van der Waals surface area contributed by atoms with Crippen molar-refractivity contribution in [1.29, 1.82) is 0 Å². The molecule has 0 heterocycles. The number of rotatable bonds is 28. The van der Waals surface area contributed by atoms with Crippen LogP contribution in [0.2, 0.25) is 0 Å². The largest absolute Gasteiger partial charge is 0.384 e. The van der Waals surface area contributed by atoms with Gasteiger partial charge in [-0.2, -0.15) is 0 Å². The fraction of sp³-hybridized carbons (Fsp3) is 0.410. The van der Waals surface area contributed by atoms with E-state index in [1.54, 1.807) is 19.1 Å². The van der Waals surface area contributed by atoms with Crippen LogP contribution in [-0.2, 0) is 0 Å². The average molecular weight is 1110 g/mol. The fourth-order valence-electron chi connectivity index (χ4n) is 9.41. The summed E-state index contributed by atoms with van der Waals surface area (Å²) >= 11 is 0. The summed E-state index contributed by atoms with van der Waals surface area (Å²) in [6.45, 7) is 34.2. The van der Waals surface area contributed by atoms with Gasteiger partial charge < -0.3 is 10.2 Å². The predicted octanol–water partition coefficient (Wildman–Crippen LogP) is 22.4. The maximum absolute atomic E-state index is 13.0. The summed E-state index contributed by atoms with van der Waals surface area (Å²) in [6.07, 6.45) is 47.9. The van der Waals surface area contributed by atoms with Crippen LogP contribution in [0.3, 0.4) is 0 Å². The van der Waals surface area contributed by atoms with Crippen LogP contribution in [0.15, 0.2) is 235 Å². The van der Waals surface area contributed by atoms with E-state index < -0.39 is 12.2 Å². The van der Waals surface area contributed by atoms with Gasteiger partial charge in [0.1, 0.15) is 12.2 Å². The van der Waals surface area contributed by atoms with Crippen molar-refractivity contribution < 1.29 is 19.8 Å². The van der Waals surface area contributed by atoms with Crippen molar-refractivity contribution in [3.8, 4) is 0 Å². The molecule has 0 aliphatic heterocycles. The van der Waals surface area contributed by atoms with Gasteiger partial charge in [0, 0.05) is 22.3 Å². The number of hydrogen-bond acceptors (Lipinski definition) is 4. The van der Waals surface area contributed by atoms with Crippen molar-refractivity contribution >= 4 is 11.6 Å². The first kappa shape index (κ1) is 69.8. The van der Waals surface area contributed by atoms with E-state index in [0.717, 1.165) is 99.3 Å². The van der Waals surface area contributed by atoms with Crippen LogP contribution >= 0.6 is 0 Å². The van der Waals surface area contributed by atoms with Crippen molar-refractivity contribution in [3.05, 3.63) is 257 Å². The summed E-state index contributed by atoms with van der Waals surface area (Å²) in [7, 11) is 0. The van der Waals surface area contributed by atoms with E-state index in [0.29, 0.717) is 35.1 Å². The summed E-state index contributed by atoms with van der Waals surface area (Å²) in [5.74, 6) is -0.0538. The van der Waals surface area contributed by atoms with E-state index in [2.05, 4.69) is 194 Å². The second kappa shape index (κ2) is 37.6. The zero-order valence-corrected chi connectivity index (χ0v) is 53.6. The van der Waals surface area contributed by atoms with E-state index in [1.807, 2.05) is 43.3 Å². The Morgan fingerprint density at radius 2 is 0.634 bits per heavy atom. The molecule has 4 nitrogen and oxygen atoms in total. The van der Waals surface area contributed by atoms with Gasteiger partial charge in [-0.05, 0) is 223 Å². The average Bonchev–Trinajstić information content (AvgIpc) is 3.47. The molecule has 2 aliphatic rings. The first-order valence-corrected chi connectivity index (χ1v) is 30.2. The molecule has 2 unspecified atom stereocenters. The van der Waals surface area contributed by atoms with Gasteiger partial charge in [-0.3, -0.25) is 9.59 Å². The van der Waals surface area contributed by atoms with Gasteiger partial charge >= 0.3 is 0 Å². The summed E-state index contributed by atoms with van der Waals surface area (Å²) < 4.78 is 0. The van der Waals surface area contributed by atoms with E-state index >= 15 is 0 Å². The second-order valence-electron chi connectivity index (χ2n) is 23.6. The Kier molecular flexibility index (Phi) is 32.0. The van der Waals surface area contributed by atoms with Crippen LogP contribution in [0.4, 0.5) is 0 Å². The summed E-state index contributed by atoms with van der Waals surface area (Å²) in [5.41, 5.74) is 22.2. The molecule has 0 saturated carbocycles. The Morgan fingerprint density at radius 3 is 0.963 bits per heavy atom. The molecule has 2 aliphatic carbocycles. The number of benzene rings is 2. The lowest BCUT2D eigenvalue weighted by Crippen LogP contribution is -2.20. The third-order valence-electron chi connectivity index (χ3n) is 15.7. The van der Waals surface area contributed by atoms with Gasteiger partial charge in [0.05, 0.1) is 0 Å². The maximum atomic E-state index is 13.0. The molecule has 0 fully saturated rings. The molecule has 2 aromatic rings. The SMILES string of the molecule is C/C=C\C/C(C)=C/C/C(C)=C/C/C(C)=C/C/C(C)=C/C/C(C)=C/C/C(C)=C/CC1=C(C)C(=O)c2ccccc2C1=O.C/C=C\C/C(C)=C/C/C(C)=C/C/C(C)=C/C/C(C)=C/C/C(C)=C/C/C(C)=C/CC1=C(C)C(O)c2ccccc2C1O. The summed E-state index contributed by atoms with van der Waals surface area (Å²) in [4.78, 5) is 25.7. The molecule has 2 aromatic carbocycles. The third kappa shape index (κ3) is 25.4. The molecule has 0 amide bonds. The molecule has 4 rings (SSSR count). The molecule has 0 saturated heterocycles. The molecular formula is C78H104O4. The number of aliphatic hydroxyl groups is 2. The second-order valence-corrected chi connectivity index (χ2v) is 23.6. The molecule has 0 spiro atoms. The number of carbonyl (C=O) groups is 2. The Bertz CT molecular complexity index is 3010. The fourth-order valence-corrected chi connectivity index (χ4v) is 9.41. The quantitative estimate of drug-likeness (QED) is 0.0833. The Hall–Kier alpha value is -6.46. The van der Waals surface area contributed by atoms with Crippen molar-refractivity contribution in [2.24, 2.45) is 0 Å². The monoisotopic (exact) mass is 1100 g/mol. The lowest BCUT2D eigenvalue weighted by molar-refractivity contribution is 0.0973. The van der Waals surface area contributed by atoms with Crippen LogP contribution in [0.5, 0.6) is 0 Å². The smallest absolute Gasteiger partial charge is 0.190 e. The van der Waals surface area contributed by atoms with E-state index in [-0.39, 0.29) is 11.6 Å². The molecule has 2 N–H and O–H groups in total. The molecule has 0 aromatic heterocycles. The van der Waals surface area contributed by atoms with Crippen LogP contribution in [0.1, 0.15) is 245 Å². The van der Waals surface area contributed by atoms with E-state index in [4.69, 9.17) is 0 Å². The molecule has 440 valence electrons. The lowest BCUT2D eigenvalue weighted by Gasteiger charge is -2.29. The van der Waals surface area contributed by atoms with Crippen LogP contribution < -0.4 is 0 Å². The van der Waals surface area contributed by atoms with Gasteiger partial charge in [0.25, 0.3) is 0 Å². The van der Waals surface area contributed by atoms with Crippen molar-refractivity contribution in [3.63, 3.8) is 0 Å². The maximum Gasteiger partial charge on any atom is 0.190 e. The molecule has 2 atom stereocenters. The number of allylic oxidation sites excluding steroid dienone is 30. The topological polar surface area (TPSA) is 74.6 Å². The summed E-state index contributed by atoms with van der Waals surface area (Å²) in [6, 6.07) is 14.8. The molecule has 4 heteroatoms. The third-order valence-corrected chi connectivity index (χ3v) is 15.7. The molecule has 0 radical (unpaired) electrons. The number of fused-ring (bicyclic) bond motifs is 2. The molecular weight excluding hydrogens is 1000 g/mol. The van der Waals surface area contributed by atoms with Crippen LogP contribution in [0.25, 0.3) is 0 Å². The summed E-state index contributed by atoms with van der Waals surface area (Å²) in [5, 5.41) is 21.7. The Morgan fingerprint density at radius 1 is 0.366 bits per heavy atom.